The molecule has 0 bridgehead atoms. The normalized spacial score (nSPS) is 24.6. The van der Waals surface area contributed by atoms with Gasteiger partial charge in [-0.3, -0.25) is 4.79 Å². The van der Waals surface area contributed by atoms with Crippen molar-refractivity contribution in [3.8, 4) is 0 Å². The number of aryl methyl sites for hydroxylation is 1. The van der Waals surface area contributed by atoms with Gasteiger partial charge in [0.15, 0.2) is 0 Å². The quantitative estimate of drug-likeness (QED) is 0.877. The number of rotatable bonds is 4. The van der Waals surface area contributed by atoms with Crippen molar-refractivity contribution in [3.05, 3.63) is 16.1 Å². The Kier molecular flexibility index (Phi) is 2.88. The van der Waals surface area contributed by atoms with E-state index >= 15 is 0 Å². The van der Waals surface area contributed by atoms with Crippen LogP contribution in [0.15, 0.2) is 6.20 Å². The zero-order chi connectivity index (χ0) is 11.8. The van der Waals surface area contributed by atoms with Crippen LogP contribution in [0.3, 0.4) is 0 Å². The monoisotopic (exact) mass is 251 g/mol. The molecule has 1 saturated carbocycles. The molecule has 0 aromatic carbocycles. The van der Waals surface area contributed by atoms with Crippen LogP contribution in [0.4, 0.5) is 0 Å². The summed E-state index contributed by atoms with van der Waals surface area (Å²) in [6, 6.07) is 0.672. The van der Waals surface area contributed by atoms with Crippen molar-refractivity contribution in [2.45, 2.75) is 44.8 Å². The van der Waals surface area contributed by atoms with Gasteiger partial charge in [0, 0.05) is 23.7 Å². The predicted molar refractivity (Wildman–Crippen MR) is 66.8 cm³/mol. The predicted octanol–water partition coefficient (Wildman–Crippen LogP) is 1.30. The first kappa shape index (κ1) is 11.2. The Hall–Kier alpha value is -0.940. The smallest absolute Gasteiger partial charge is 0.240 e. The standard InChI is InChI=1S/C12H17N3OS/c1-8-13-6-10(17-8)7-15-5-4-11(12(15)16)14-9-2-3-9/h6,9,11,14H,2-5,7H2,1H3. The number of hydrogen-bond acceptors (Lipinski definition) is 4. The molecule has 1 amide bonds. The van der Waals surface area contributed by atoms with E-state index in [4.69, 9.17) is 0 Å². The second-order valence-corrected chi connectivity index (χ2v) is 6.21. The molecule has 4 nitrogen and oxygen atoms in total. The van der Waals surface area contributed by atoms with Gasteiger partial charge in [0.1, 0.15) is 0 Å². The van der Waals surface area contributed by atoms with E-state index in [1.54, 1.807) is 11.3 Å². The Morgan fingerprint density at radius 2 is 2.35 bits per heavy atom. The summed E-state index contributed by atoms with van der Waals surface area (Å²) in [6.45, 7) is 3.60. The van der Waals surface area contributed by atoms with E-state index in [0.717, 1.165) is 24.5 Å². The summed E-state index contributed by atoms with van der Waals surface area (Å²) >= 11 is 1.68. The van der Waals surface area contributed by atoms with Crippen LogP contribution in [0.1, 0.15) is 29.1 Å². The fourth-order valence-corrected chi connectivity index (χ4v) is 3.06. The Balaban J connectivity index is 1.59. The number of aromatic nitrogens is 1. The van der Waals surface area contributed by atoms with Gasteiger partial charge < -0.3 is 10.2 Å². The zero-order valence-corrected chi connectivity index (χ0v) is 10.8. The largest absolute Gasteiger partial charge is 0.336 e. The van der Waals surface area contributed by atoms with Crippen molar-refractivity contribution in [1.82, 2.24) is 15.2 Å². The van der Waals surface area contributed by atoms with Crippen molar-refractivity contribution in [1.29, 1.82) is 0 Å². The van der Waals surface area contributed by atoms with E-state index in [0.29, 0.717) is 6.04 Å². The van der Waals surface area contributed by atoms with Crippen molar-refractivity contribution < 1.29 is 4.79 Å². The van der Waals surface area contributed by atoms with Crippen molar-refractivity contribution in [2.75, 3.05) is 6.54 Å². The molecule has 1 aromatic heterocycles. The highest BCUT2D eigenvalue weighted by Crippen LogP contribution is 2.24. The van der Waals surface area contributed by atoms with Crippen LogP contribution >= 0.6 is 11.3 Å². The van der Waals surface area contributed by atoms with Crippen LogP contribution in [0.2, 0.25) is 0 Å². The number of nitrogens with zero attached hydrogens (tertiary/aromatic N) is 2. The second-order valence-electron chi connectivity index (χ2n) is 4.89. The second kappa shape index (κ2) is 4.38. The van der Waals surface area contributed by atoms with E-state index in [-0.39, 0.29) is 11.9 Å². The third kappa shape index (κ3) is 2.50. The number of carbonyl (C=O) groups excluding carboxylic acids is 1. The maximum Gasteiger partial charge on any atom is 0.240 e. The highest BCUT2D eigenvalue weighted by molar-refractivity contribution is 7.11. The van der Waals surface area contributed by atoms with Gasteiger partial charge in [0.2, 0.25) is 5.91 Å². The topological polar surface area (TPSA) is 45.2 Å². The average Bonchev–Trinajstić information content (AvgIpc) is 2.94. The Morgan fingerprint density at radius 3 is 3.00 bits per heavy atom. The minimum absolute atomic E-state index is 0.0662. The molecule has 2 aliphatic rings. The molecule has 3 rings (SSSR count). The molecule has 1 aliphatic heterocycles. The lowest BCUT2D eigenvalue weighted by Gasteiger charge is -2.15. The SMILES string of the molecule is Cc1ncc(CN2CCC(NC3CC3)C2=O)s1. The zero-order valence-electron chi connectivity index (χ0n) is 9.98. The summed E-state index contributed by atoms with van der Waals surface area (Å²) < 4.78 is 0. The van der Waals surface area contributed by atoms with E-state index in [2.05, 4.69) is 10.3 Å². The fourth-order valence-electron chi connectivity index (χ4n) is 2.25. The average molecular weight is 251 g/mol. The fraction of sp³-hybridized carbons (Fsp3) is 0.667. The molecular formula is C12H17N3OS. The maximum atomic E-state index is 12.1. The molecule has 1 atom stereocenters. The molecule has 92 valence electrons. The third-order valence-corrected chi connectivity index (χ3v) is 4.23. The van der Waals surface area contributed by atoms with Crippen molar-refractivity contribution >= 4 is 17.2 Å². The molecule has 1 saturated heterocycles. The van der Waals surface area contributed by atoms with Gasteiger partial charge in [-0.05, 0) is 26.2 Å². The van der Waals surface area contributed by atoms with Gasteiger partial charge in [0.05, 0.1) is 17.6 Å². The van der Waals surface area contributed by atoms with Crippen LogP contribution in [-0.4, -0.2) is 34.4 Å². The van der Waals surface area contributed by atoms with Crippen molar-refractivity contribution in [2.24, 2.45) is 0 Å². The lowest BCUT2D eigenvalue weighted by molar-refractivity contribution is -0.129. The highest BCUT2D eigenvalue weighted by Gasteiger charge is 2.35. The first-order chi connectivity index (χ1) is 8.22. The third-order valence-electron chi connectivity index (χ3n) is 3.33. The summed E-state index contributed by atoms with van der Waals surface area (Å²) in [4.78, 5) is 19.5. The molecule has 17 heavy (non-hydrogen) atoms. The number of carbonyl (C=O) groups is 1. The molecule has 1 unspecified atom stereocenters. The number of hydrogen-bond donors (Lipinski definition) is 1. The Morgan fingerprint density at radius 1 is 1.53 bits per heavy atom. The molecule has 0 radical (unpaired) electrons. The lowest BCUT2D eigenvalue weighted by atomic mass is 10.2. The van der Waals surface area contributed by atoms with Gasteiger partial charge in [0.25, 0.3) is 0 Å². The van der Waals surface area contributed by atoms with Gasteiger partial charge in [-0.15, -0.1) is 11.3 Å². The minimum Gasteiger partial charge on any atom is -0.336 e. The Bertz CT molecular complexity index is 427. The van der Waals surface area contributed by atoms with Gasteiger partial charge >= 0.3 is 0 Å². The molecule has 1 aliphatic carbocycles. The first-order valence-electron chi connectivity index (χ1n) is 6.18. The van der Waals surface area contributed by atoms with Gasteiger partial charge in [-0.1, -0.05) is 0 Å². The van der Waals surface area contributed by atoms with E-state index in [1.807, 2.05) is 18.0 Å². The number of thiazole rings is 1. The molecule has 1 aromatic rings. The van der Waals surface area contributed by atoms with E-state index < -0.39 is 0 Å². The van der Waals surface area contributed by atoms with E-state index in [9.17, 15) is 4.79 Å². The number of nitrogens with one attached hydrogen (secondary N) is 1. The molecule has 5 heteroatoms. The minimum atomic E-state index is 0.0662. The number of likely N-dealkylation sites (tertiary alicyclic amines) is 1. The first-order valence-corrected chi connectivity index (χ1v) is 7.00. The molecule has 1 N–H and O–H groups in total. The summed E-state index contributed by atoms with van der Waals surface area (Å²) in [5.74, 6) is 0.267. The lowest BCUT2D eigenvalue weighted by Crippen LogP contribution is -2.39. The molecule has 2 heterocycles. The summed E-state index contributed by atoms with van der Waals surface area (Å²) in [6.07, 6.45) is 5.30. The van der Waals surface area contributed by atoms with Crippen LogP contribution < -0.4 is 5.32 Å². The van der Waals surface area contributed by atoms with Gasteiger partial charge in [-0.25, -0.2) is 4.98 Å². The summed E-state index contributed by atoms with van der Waals surface area (Å²) in [5.41, 5.74) is 0. The maximum absolute atomic E-state index is 12.1. The van der Waals surface area contributed by atoms with E-state index in [1.165, 1.54) is 17.7 Å². The van der Waals surface area contributed by atoms with Crippen molar-refractivity contribution in [3.63, 3.8) is 0 Å². The highest BCUT2D eigenvalue weighted by atomic mass is 32.1. The van der Waals surface area contributed by atoms with Gasteiger partial charge in [-0.2, -0.15) is 0 Å². The molecule has 0 spiro atoms. The van der Waals surface area contributed by atoms with Crippen LogP contribution in [0.25, 0.3) is 0 Å². The van der Waals surface area contributed by atoms with Crippen LogP contribution in [0, 0.1) is 6.92 Å². The van der Waals surface area contributed by atoms with Crippen LogP contribution in [-0.2, 0) is 11.3 Å². The molecule has 2 fully saturated rings. The van der Waals surface area contributed by atoms with Crippen LogP contribution in [0.5, 0.6) is 0 Å². The number of amides is 1. The molecular weight excluding hydrogens is 234 g/mol. The summed E-state index contributed by atoms with van der Waals surface area (Å²) in [7, 11) is 0. The summed E-state index contributed by atoms with van der Waals surface area (Å²) in [5, 5.41) is 4.49. The Labute approximate surface area is 105 Å².